The molecule has 0 aromatic heterocycles. The van der Waals surface area contributed by atoms with Crippen LogP contribution in [-0.4, -0.2) is 12.2 Å². The molecule has 7 heteroatoms. The van der Waals surface area contributed by atoms with E-state index in [1.54, 1.807) is 0 Å². The maximum atomic E-state index is 10.1. The molecule has 0 atom stereocenters. The minimum absolute atomic E-state index is 0.877. The molecule has 0 aromatic rings. The number of carbonyl (C=O) groups is 1. The lowest BCUT2D eigenvalue weighted by molar-refractivity contribution is -0.780. The van der Waals surface area contributed by atoms with Crippen LogP contribution >= 0.6 is 0 Å². The van der Waals surface area contributed by atoms with E-state index in [0.29, 0.717) is 0 Å². The summed E-state index contributed by atoms with van der Waals surface area (Å²) in [5.74, 6) is -0.877. The molecule has 1 amide bonds. The molecule has 0 radical (unpaired) electrons. The molecule has 0 aliphatic carbocycles. The minimum atomic E-state index is -1.38. The molecule has 1 aliphatic heterocycles. The fraction of sp³-hybridized carbons (Fsp3) is 0.500. The summed E-state index contributed by atoms with van der Waals surface area (Å²) in [6, 6.07) is 0. The highest BCUT2D eigenvalue weighted by Gasteiger charge is 2.24. The van der Waals surface area contributed by atoms with E-state index in [1.807, 2.05) is 0 Å². The number of nitrogens with two attached hydrogens (primary N) is 1. The lowest BCUT2D eigenvalue weighted by Gasteiger charge is -2.13. The largest absolute Gasteiger partial charge is 0.365 e. The molecule has 0 saturated carbocycles. The first-order valence-corrected chi connectivity index (χ1v) is 1.92. The Morgan fingerprint density at radius 1 is 1.22 bits per heavy atom. The summed E-state index contributed by atoms with van der Waals surface area (Å²) in [5.41, 5.74) is 4.66. The molecule has 0 aromatic carbocycles. The summed E-state index contributed by atoms with van der Waals surface area (Å²) in [5, 5.41) is 11.0. The van der Waals surface area contributed by atoms with Gasteiger partial charge in [-0.1, -0.05) is 0 Å². The maximum absolute atomic E-state index is 10.1. The van der Waals surface area contributed by atoms with Gasteiger partial charge in [-0.3, -0.25) is 4.79 Å². The second-order valence-corrected chi connectivity index (χ2v) is 1.13. The van der Waals surface area contributed by atoms with E-state index < -0.39 is 12.2 Å². The van der Waals surface area contributed by atoms with Crippen molar-refractivity contribution in [2.45, 2.75) is 6.29 Å². The number of hydrogen-bond donors (Lipinski definition) is 1. The van der Waals surface area contributed by atoms with Crippen molar-refractivity contribution in [3.05, 3.63) is 0 Å². The van der Waals surface area contributed by atoms with E-state index >= 15 is 0 Å². The van der Waals surface area contributed by atoms with Crippen LogP contribution in [0.4, 0.5) is 0 Å². The van der Waals surface area contributed by atoms with Crippen molar-refractivity contribution in [2.24, 2.45) is 5.73 Å². The van der Waals surface area contributed by atoms with Crippen LogP contribution in [-0.2, 0) is 29.7 Å². The zero-order chi connectivity index (χ0) is 6.69. The summed E-state index contributed by atoms with van der Waals surface area (Å²) in [6.45, 7) is 0. The predicted octanol–water partition coefficient (Wildman–Crippen LogP) is -1.45. The molecular formula is C2H3NO6. The van der Waals surface area contributed by atoms with E-state index in [1.165, 1.54) is 0 Å². The van der Waals surface area contributed by atoms with Crippen LogP contribution < -0.4 is 5.73 Å². The molecule has 9 heavy (non-hydrogen) atoms. The Balaban J connectivity index is 2.31. The highest BCUT2D eigenvalue weighted by Crippen LogP contribution is 2.03. The predicted molar refractivity (Wildman–Crippen MR) is 18.4 cm³/mol. The lowest BCUT2D eigenvalue weighted by Crippen LogP contribution is -2.36. The minimum Gasteiger partial charge on any atom is -0.365 e. The molecule has 0 spiro atoms. The number of carbonyl (C=O) groups excluding carboxylic acids is 1. The standard InChI is InChI=1S/C2H3NO6/c3-1(4)2-5-7-9-8-6-2/h2H,(H2,3,4). The maximum Gasteiger partial charge on any atom is 0.307 e. The van der Waals surface area contributed by atoms with Crippen molar-refractivity contribution in [3.63, 3.8) is 0 Å². The first kappa shape index (κ1) is 6.39. The van der Waals surface area contributed by atoms with Gasteiger partial charge in [0.15, 0.2) is 0 Å². The quantitative estimate of drug-likeness (QED) is 0.445. The first-order valence-electron chi connectivity index (χ1n) is 1.92. The van der Waals surface area contributed by atoms with Crippen LogP contribution in [0.2, 0.25) is 0 Å². The summed E-state index contributed by atoms with van der Waals surface area (Å²) in [6.07, 6.45) is -1.38. The number of primary amides is 1. The molecule has 0 unspecified atom stereocenters. The van der Waals surface area contributed by atoms with Gasteiger partial charge in [0.2, 0.25) is 0 Å². The van der Waals surface area contributed by atoms with E-state index in [-0.39, 0.29) is 0 Å². The van der Waals surface area contributed by atoms with Gasteiger partial charge >= 0.3 is 6.29 Å². The second kappa shape index (κ2) is 2.71. The molecule has 0 bridgehead atoms. The van der Waals surface area contributed by atoms with Crippen LogP contribution in [0.1, 0.15) is 0 Å². The molecule has 1 rings (SSSR count). The molecule has 52 valence electrons. The van der Waals surface area contributed by atoms with Crippen molar-refractivity contribution >= 4 is 5.91 Å². The van der Waals surface area contributed by atoms with E-state index in [0.717, 1.165) is 0 Å². The molecule has 1 fully saturated rings. The zero-order valence-electron chi connectivity index (χ0n) is 4.10. The van der Waals surface area contributed by atoms with Crippen molar-refractivity contribution in [1.82, 2.24) is 0 Å². The zero-order valence-corrected chi connectivity index (χ0v) is 4.10. The van der Waals surface area contributed by atoms with Gasteiger partial charge in [0, 0.05) is 0 Å². The Labute approximate surface area is 48.9 Å². The van der Waals surface area contributed by atoms with Gasteiger partial charge in [0.05, 0.1) is 0 Å². The first-order chi connectivity index (χ1) is 4.30. The Morgan fingerprint density at radius 2 is 1.78 bits per heavy atom. The summed E-state index contributed by atoms with van der Waals surface area (Å²) >= 11 is 0. The third-order valence-corrected chi connectivity index (χ3v) is 0.541. The van der Waals surface area contributed by atoms with E-state index in [2.05, 4.69) is 30.6 Å². The third-order valence-electron chi connectivity index (χ3n) is 0.541. The molecule has 7 nitrogen and oxygen atoms in total. The van der Waals surface area contributed by atoms with Crippen LogP contribution in [0, 0.1) is 0 Å². The van der Waals surface area contributed by atoms with E-state index in [4.69, 9.17) is 0 Å². The lowest BCUT2D eigenvalue weighted by atomic mass is 10.6. The SMILES string of the molecule is NC(=O)C1OOOOO1. The summed E-state index contributed by atoms with van der Waals surface area (Å²) in [4.78, 5) is 18.1. The van der Waals surface area contributed by atoms with Gasteiger partial charge in [0.25, 0.3) is 5.91 Å². The van der Waals surface area contributed by atoms with Gasteiger partial charge in [-0.25, -0.2) is 0 Å². The Kier molecular flexibility index (Phi) is 1.92. The summed E-state index contributed by atoms with van der Waals surface area (Å²) < 4.78 is 0. The number of amides is 1. The van der Waals surface area contributed by atoms with Crippen LogP contribution in [0.15, 0.2) is 0 Å². The van der Waals surface area contributed by atoms with Crippen LogP contribution in [0.3, 0.4) is 0 Å². The van der Waals surface area contributed by atoms with Gasteiger partial charge in [-0.15, -0.1) is 0 Å². The topological polar surface area (TPSA) is 89.2 Å². The van der Waals surface area contributed by atoms with Crippen molar-refractivity contribution < 1.29 is 29.7 Å². The number of hydrogen-bond acceptors (Lipinski definition) is 6. The Bertz CT molecular complexity index is 108. The normalized spacial score (nSPS) is 21.8. The highest BCUT2D eigenvalue weighted by atomic mass is 17.8. The average Bonchev–Trinajstić information content (AvgIpc) is 1.90. The van der Waals surface area contributed by atoms with Crippen molar-refractivity contribution in [1.29, 1.82) is 0 Å². The smallest absolute Gasteiger partial charge is 0.307 e. The monoisotopic (exact) mass is 137 g/mol. The van der Waals surface area contributed by atoms with Crippen molar-refractivity contribution in [3.8, 4) is 0 Å². The summed E-state index contributed by atoms with van der Waals surface area (Å²) in [7, 11) is 0. The fourth-order valence-corrected chi connectivity index (χ4v) is 0.226. The average molecular weight is 137 g/mol. The van der Waals surface area contributed by atoms with Crippen LogP contribution in [0.5, 0.6) is 0 Å². The van der Waals surface area contributed by atoms with E-state index in [9.17, 15) is 4.79 Å². The van der Waals surface area contributed by atoms with Gasteiger partial charge < -0.3 is 5.73 Å². The molecule has 2 N–H and O–H groups in total. The number of rotatable bonds is 1. The molecule has 1 aliphatic rings. The van der Waals surface area contributed by atoms with Crippen LogP contribution in [0.25, 0.3) is 0 Å². The van der Waals surface area contributed by atoms with Gasteiger partial charge in [0.1, 0.15) is 0 Å². The highest BCUT2D eigenvalue weighted by molar-refractivity contribution is 5.77. The van der Waals surface area contributed by atoms with Gasteiger partial charge in [-0.05, 0) is 15.1 Å². The van der Waals surface area contributed by atoms with Gasteiger partial charge in [-0.2, -0.15) is 9.78 Å². The fourth-order valence-electron chi connectivity index (χ4n) is 0.226. The second-order valence-electron chi connectivity index (χ2n) is 1.13. The Morgan fingerprint density at radius 3 is 2.11 bits per heavy atom. The van der Waals surface area contributed by atoms with Crippen molar-refractivity contribution in [2.75, 3.05) is 0 Å². The molecule has 1 heterocycles. The third kappa shape index (κ3) is 1.59. The molecule has 1 saturated heterocycles. The Hall–Kier alpha value is -0.730. The molecular weight excluding hydrogens is 134 g/mol.